The van der Waals surface area contributed by atoms with E-state index >= 15 is 0 Å². The summed E-state index contributed by atoms with van der Waals surface area (Å²) in [7, 11) is 0. The van der Waals surface area contributed by atoms with Gasteiger partial charge in [0.25, 0.3) is 5.91 Å². The molecule has 1 saturated heterocycles. The van der Waals surface area contributed by atoms with Crippen molar-refractivity contribution in [3.63, 3.8) is 0 Å². The zero-order chi connectivity index (χ0) is 19.2. The van der Waals surface area contributed by atoms with Crippen molar-refractivity contribution in [1.82, 2.24) is 9.47 Å². The van der Waals surface area contributed by atoms with Crippen LogP contribution in [0.4, 0.5) is 0 Å². The molecule has 3 rings (SSSR count). The molecule has 0 N–H and O–H groups in total. The van der Waals surface area contributed by atoms with Crippen LogP contribution < -0.4 is 4.80 Å². The van der Waals surface area contributed by atoms with Gasteiger partial charge in [0, 0.05) is 24.1 Å². The number of amides is 2. The number of fused-ring (bicyclic) bond motifs is 1. The maximum absolute atomic E-state index is 12.3. The topological polar surface area (TPSA) is 54.7 Å². The van der Waals surface area contributed by atoms with Crippen LogP contribution in [0.5, 0.6) is 0 Å². The van der Waals surface area contributed by atoms with Crippen LogP contribution in [0.1, 0.15) is 32.6 Å². The predicted octanol–water partition coefficient (Wildman–Crippen LogP) is 4.05. The summed E-state index contributed by atoms with van der Waals surface area (Å²) < 4.78 is 4.17. The number of benzene rings is 1. The molecule has 0 bridgehead atoms. The lowest BCUT2D eigenvalue weighted by Crippen LogP contribution is -2.33. The molecule has 2 heterocycles. The highest BCUT2D eigenvalue weighted by molar-refractivity contribution is 9.10. The summed E-state index contributed by atoms with van der Waals surface area (Å²) in [4.78, 5) is 31.6. The molecule has 0 spiro atoms. The molecule has 146 valence electrons. The summed E-state index contributed by atoms with van der Waals surface area (Å²) >= 11 is 6.37. The van der Waals surface area contributed by atoms with Gasteiger partial charge in [-0.25, -0.2) is 0 Å². The van der Waals surface area contributed by atoms with E-state index in [4.69, 9.17) is 0 Å². The molecular weight excluding hydrogens is 446 g/mol. The van der Waals surface area contributed by atoms with Crippen LogP contribution >= 0.6 is 39.0 Å². The average Bonchev–Trinajstić information content (AvgIpc) is 2.81. The van der Waals surface area contributed by atoms with Crippen molar-refractivity contribution >= 4 is 61.1 Å². The third-order valence-electron chi connectivity index (χ3n) is 4.59. The molecule has 2 amide bonds. The van der Waals surface area contributed by atoms with Gasteiger partial charge in [-0.3, -0.25) is 9.59 Å². The number of rotatable bonds is 5. The van der Waals surface area contributed by atoms with Crippen LogP contribution in [0, 0.1) is 0 Å². The first kappa shape index (κ1) is 20.6. The highest BCUT2D eigenvalue weighted by Crippen LogP contribution is 2.22. The highest BCUT2D eigenvalue weighted by Gasteiger charge is 2.16. The molecule has 8 heteroatoms. The minimum Gasteiger partial charge on any atom is -0.342 e. The molecule has 0 atom stereocenters. The minimum absolute atomic E-state index is 0.144. The third-order valence-corrected chi connectivity index (χ3v) is 7.03. The monoisotopic (exact) mass is 469 g/mol. The fourth-order valence-corrected chi connectivity index (χ4v) is 5.58. The van der Waals surface area contributed by atoms with Gasteiger partial charge in [-0.1, -0.05) is 40.1 Å². The number of thiazole rings is 1. The second-order valence-corrected chi connectivity index (χ2v) is 9.44. The van der Waals surface area contributed by atoms with Crippen LogP contribution in [0.15, 0.2) is 27.7 Å². The molecule has 1 aliphatic rings. The second-order valence-electron chi connectivity index (χ2n) is 6.53. The van der Waals surface area contributed by atoms with Gasteiger partial charge in [0.1, 0.15) is 0 Å². The normalized spacial score (nSPS) is 15.9. The Bertz CT molecular complexity index is 883. The Balaban J connectivity index is 1.61. The third kappa shape index (κ3) is 5.45. The molecule has 0 saturated carbocycles. The highest BCUT2D eigenvalue weighted by atomic mass is 79.9. The summed E-state index contributed by atoms with van der Waals surface area (Å²) in [5.41, 5.74) is 1.08. The Morgan fingerprint density at radius 2 is 1.93 bits per heavy atom. The zero-order valence-corrected chi connectivity index (χ0v) is 18.7. The fourth-order valence-electron chi connectivity index (χ4n) is 3.21. The van der Waals surface area contributed by atoms with E-state index in [1.54, 1.807) is 0 Å². The molecule has 2 aromatic rings. The summed E-state index contributed by atoms with van der Waals surface area (Å²) in [6.07, 6.45) is 4.59. The van der Waals surface area contributed by atoms with E-state index in [1.165, 1.54) is 35.9 Å². The van der Waals surface area contributed by atoms with E-state index in [0.717, 1.165) is 52.0 Å². The number of likely N-dealkylation sites (tertiary alicyclic amines) is 1. The molecule has 5 nitrogen and oxygen atoms in total. The number of halogens is 1. The van der Waals surface area contributed by atoms with E-state index in [2.05, 4.69) is 25.5 Å². The van der Waals surface area contributed by atoms with Crippen LogP contribution in [0.3, 0.4) is 0 Å². The zero-order valence-electron chi connectivity index (χ0n) is 15.4. The van der Waals surface area contributed by atoms with Crippen molar-refractivity contribution in [2.45, 2.75) is 39.2 Å². The lowest BCUT2D eigenvalue weighted by atomic mass is 10.2. The Hall–Kier alpha value is -1.12. The lowest BCUT2D eigenvalue weighted by molar-refractivity contribution is -0.128. The maximum Gasteiger partial charge on any atom is 0.258 e. The van der Waals surface area contributed by atoms with E-state index < -0.39 is 0 Å². The fraction of sp³-hybridized carbons (Fsp3) is 0.526. The largest absolute Gasteiger partial charge is 0.342 e. The van der Waals surface area contributed by atoms with Gasteiger partial charge in [-0.05, 0) is 38.0 Å². The van der Waals surface area contributed by atoms with Gasteiger partial charge in [-0.15, -0.1) is 11.8 Å². The molecule has 1 aliphatic heterocycles. The SMILES string of the molecule is CCn1c(=NC(=O)CSCC(=O)N2CCCCCC2)sc2cc(Br)ccc21. The molecule has 1 aromatic heterocycles. The molecule has 1 aromatic carbocycles. The summed E-state index contributed by atoms with van der Waals surface area (Å²) in [6, 6.07) is 6.08. The summed E-state index contributed by atoms with van der Waals surface area (Å²) in [6.45, 7) is 4.51. The number of hydrogen-bond acceptors (Lipinski definition) is 4. The minimum atomic E-state index is -0.184. The van der Waals surface area contributed by atoms with Gasteiger partial charge < -0.3 is 9.47 Å². The Kier molecular flexibility index (Phi) is 7.55. The quantitative estimate of drug-likeness (QED) is 0.663. The first-order valence-electron chi connectivity index (χ1n) is 9.30. The molecular formula is C19H24BrN3O2S2. The van der Waals surface area contributed by atoms with Crippen LogP contribution in [-0.2, 0) is 16.1 Å². The van der Waals surface area contributed by atoms with Crippen molar-refractivity contribution in [3.8, 4) is 0 Å². The smallest absolute Gasteiger partial charge is 0.258 e. The van der Waals surface area contributed by atoms with Crippen molar-refractivity contribution in [3.05, 3.63) is 27.5 Å². The van der Waals surface area contributed by atoms with Crippen molar-refractivity contribution < 1.29 is 9.59 Å². The van der Waals surface area contributed by atoms with Crippen LogP contribution in [-0.4, -0.2) is 45.9 Å². The Morgan fingerprint density at radius 3 is 2.63 bits per heavy atom. The van der Waals surface area contributed by atoms with Crippen LogP contribution in [0.2, 0.25) is 0 Å². The number of carbonyl (C=O) groups excluding carboxylic acids is 2. The van der Waals surface area contributed by atoms with Gasteiger partial charge in [0.15, 0.2) is 4.80 Å². The lowest BCUT2D eigenvalue weighted by Gasteiger charge is -2.19. The van der Waals surface area contributed by atoms with Crippen molar-refractivity contribution in [2.75, 3.05) is 24.6 Å². The second kappa shape index (κ2) is 9.89. The van der Waals surface area contributed by atoms with Crippen molar-refractivity contribution in [2.24, 2.45) is 4.99 Å². The van der Waals surface area contributed by atoms with Crippen LogP contribution in [0.25, 0.3) is 10.2 Å². The van der Waals surface area contributed by atoms with E-state index in [9.17, 15) is 9.59 Å². The Morgan fingerprint density at radius 1 is 1.19 bits per heavy atom. The van der Waals surface area contributed by atoms with E-state index in [-0.39, 0.29) is 17.6 Å². The van der Waals surface area contributed by atoms with Gasteiger partial charge in [0.05, 0.1) is 21.7 Å². The number of thioether (sulfide) groups is 1. The number of aromatic nitrogens is 1. The molecule has 0 aliphatic carbocycles. The summed E-state index contributed by atoms with van der Waals surface area (Å²) in [5.74, 6) is 0.553. The standard InChI is InChI=1S/C19H24BrN3O2S2/c1-2-23-15-8-7-14(20)11-16(15)27-19(23)21-17(24)12-26-13-18(25)22-9-5-3-4-6-10-22/h7-8,11H,2-6,9-10,12-13H2,1H3. The first-order valence-corrected chi connectivity index (χ1v) is 12.1. The molecule has 0 radical (unpaired) electrons. The van der Waals surface area contributed by atoms with E-state index in [0.29, 0.717) is 5.75 Å². The number of hydrogen-bond donors (Lipinski definition) is 0. The predicted molar refractivity (Wildman–Crippen MR) is 116 cm³/mol. The van der Waals surface area contributed by atoms with Gasteiger partial charge in [-0.2, -0.15) is 4.99 Å². The van der Waals surface area contributed by atoms with Gasteiger partial charge in [0.2, 0.25) is 5.91 Å². The number of carbonyl (C=O) groups is 2. The number of aryl methyl sites for hydroxylation is 1. The average molecular weight is 470 g/mol. The summed E-state index contributed by atoms with van der Waals surface area (Å²) in [5, 5.41) is 0. The molecule has 27 heavy (non-hydrogen) atoms. The number of nitrogens with zero attached hydrogens (tertiary/aromatic N) is 3. The van der Waals surface area contributed by atoms with Gasteiger partial charge >= 0.3 is 0 Å². The van der Waals surface area contributed by atoms with E-state index in [1.807, 2.05) is 30.0 Å². The molecule has 0 unspecified atom stereocenters. The maximum atomic E-state index is 12.3. The van der Waals surface area contributed by atoms with Crippen molar-refractivity contribution in [1.29, 1.82) is 0 Å². The molecule has 1 fully saturated rings. The Labute approximate surface area is 176 Å². The first-order chi connectivity index (χ1) is 13.1.